The second-order valence-corrected chi connectivity index (χ2v) is 5.96. The standard InChI is InChI=1S/C21H19NO6/c1-26-16-9-7-15(8-10-16)14-27-11-4-12-28-19(23)13-22-20(24)17-5-2-3-6-18(17)21(22)25/h2-11H,12-14H2,1H3/b11-4+. The highest BCUT2D eigenvalue weighted by Crippen LogP contribution is 2.22. The van der Waals surface area contributed by atoms with E-state index in [1.54, 1.807) is 31.4 Å². The summed E-state index contributed by atoms with van der Waals surface area (Å²) in [4.78, 5) is 37.2. The molecule has 144 valence electrons. The molecule has 0 fully saturated rings. The Labute approximate surface area is 162 Å². The highest BCUT2D eigenvalue weighted by molar-refractivity contribution is 6.22. The van der Waals surface area contributed by atoms with E-state index in [4.69, 9.17) is 14.2 Å². The van der Waals surface area contributed by atoms with Crippen LogP contribution >= 0.6 is 0 Å². The molecule has 0 saturated carbocycles. The number of methoxy groups -OCH3 is 1. The van der Waals surface area contributed by atoms with Crippen molar-refractivity contribution in [2.24, 2.45) is 0 Å². The van der Waals surface area contributed by atoms with Crippen molar-refractivity contribution >= 4 is 17.8 Å². The van der Waals surface area contributed by atoms with Crippen molar-refractivity contribution in [2.45, 2.75) is 6.61 Å². The first-order valence-corrected chi connectivity index (χ1v) is 8.60. The largest absolute Gasteiger partial charge is 0.497 e. The molecule has 28 heavy (non-hydrogen) atoms. The van der Waals surface area contributed by atoms with Gasteiger partial charge in [-0.3, -0.25) is 19.3 Å². The fourth-order valence-electron chi connectivity index (χ4n) is 2.67. The second kappa shape index (κ2) is 8.85. The lowest BCUT2D eigenvalue weighted by Gasteiger charge is -2.12. The van der Waals surface area contributed by atoms with Crippen molar-refractivity contribution < 1.29 is 28.6 Å². The maximum Gasteiger partial charge on any atom is 0.326 e. The lowest BCUT2D eigenvalue weighted by Crippen LogP contribution is -2.35. The molecule has 0 saturated heterocycles. The smallest absolute Gasteiger partial charge is 0.326 e. The fraction of sp³-hybridized carbons (Fsp3) is 0.190. The Bertz CT molecular complexity index is 868. The van der Waals surface area contributed by atoms with Crippen molar-refractivity contribution in [3.05, 3.63) is 77.6 Å². The van der Waals surface area contributed by atoms with Gasteiger partial charge in [0.05, 0.1) is 24.5 Å². The van der Waals surface area contributed by atoms with E-state index in [-0.39, 0.29) is 6.61 Å². The highest BCUT2D eigenvalue weighted by Gasteiger charge is 2.36. The third kappa shape index (κ3) is 4.37. The molecule has 0 atom stereocenters. The third-order valence-electron chi connectivity index (χ3n) is 4.11. The number of carbonyl (C=O) groups excluding carboxylic acids is 3. The minimum absolute atomic E-state index is 0.0232. The van der Waals surface area contributed by atoms with Crippen LogP contribution in [0.15, 0.2) is 60.9 Å². The quantitative estimate of drug-likeness (QED) is 0.397. The number of amides is 2. The number of nitrogens with zero attached hydrogens (tertiary/aromatic N) is 1. The number of fused-ring (bicyclic) bond motifs is 1. The zero-order valence-electron chi connectivity index (χ0n) is 15.3. The first-order chi connectivity index (χ1) is 13.6. The summed E-state index contributed by atoms with van der Waals surface area (Å²) in [6, 6.07) is 13.9. The van der Waals surface area contributed by atoms with Crippen molar-refractivity contribution in [3.63, 3.8) is 0 Å². The van der Waals surface area contributed by atoms with Crippen LogP contribution < -0.4 is 4.74 Å². The molecule has 0 aromatic heterocycles. The number of benzene rings is 2. The second-order valence-electron chi connectivity index (χ2n) is 5.96. The predicted molar refractivity (Wildman–Crippen MR) is 99.7 cm³/mol. The zero-order valence-corrected chi connectivity index (χ0v) is 15.3. The van der Waals surface area contributed by atoms with Crippen LogP contribution in [0.2, 0.25) is 0 Å². The number of hydrogen-bond donors (Lipinski definition) is 0. The van der Waals surface area contributed by atoms with E-state index in [0.717, 1.165) is 16.2 Å². The molecule has 3 rings (SSSR count). The van der Waals surface area contributed by atoms with E-state index in [0.29, 0.717) is 17.7 Å². The molecule has 0 radical (unpaired) electrons. The Hall–Kier alpha value is -3.61. The van der Waals surface area contributed by atoms with E-state index >= 15 is 0 Å². The van der Waals surface area contributed by atoms with Crippen LogP contribution in [-0.2, 0) is 20.9 Å². The van der Waals surface area contributed by atoms with Crippen LogP contribution in [0.5, 0.6) is 5.75 Å². The van der Waals surface area contributed by atoms with Crippen molar-refractivity contribution in [1.29, 1.82) is 0 Å². The van der Waals surface area contributed by atoms with Gasteiger partial charge in [-0.05, 0) is 35.9 Å². The Kier molecular flexibility index (Phi) is 6.06. The monoisotopic (exact) mass is 381 g/mol. The van der Waals surface area contributed by atoms with Crippen molar-refractivity contribution in [2.75, 3.05) is 20.3 Å². The van der Waals surface area contributed by atoms with E-state index in [1.807, 2.05) is 24.3 Å². The SMILES string of the molecule is COc1ccc(CO/C=C/COC(=O)CN2C(=O)c3ccccc3C2=O)cc1. The van der Waals surface area contributed by atoms with Crippen LogP contribution in [0.4, 0.5) is 0 Å². The van der Waals surface area contributed by atoms with E-state index in [2.05, 4.69) is 0 Å². The maximum atomic E-state index is 12.2. The van der Waals surface area contributed by atoms with Gasteiger partial charge >= 0.3 is 5.97 Å². The number of carbonyl (C=O) groups is 3. The topological polar surface area (TPSA) is 82.1 Å². The van der Waals surface area contributed by atoms with Crippen LogP contribution in [0.1, 0.15) is 26.3 Å². The molecular formula is C21H19NO6. The van der Waals surface area contributed by atoms with Gasteiger partial charge in [0.25, 0.3) is 11.8 Å². The lowest BCUT2D eigenvalue weighted by atomic mass is 10.1. The van der Waals surface area contributed by atoms with Crippen LogP contribution in [0.25, 0.3) is 0 Å². The van der Waals surface area contributed by atoms with Gasteiger partial charge in [-0.1, -0.05) is 24.3 Å². The Balaban J connectivity index is 1.39. The summed E-state index contributed by atoms with van der Waals surface area (Å²) in [5.74, 6) is -0.884. The number of hydrogen-bond acceptors (Lipinski definition) is 6. The van der Waals surface area contributed by atoms with Gasteiger partial charge in [0, 0.05) is 0 Å². The maximum absolute atomic E-state index is 12.2. The summed E-state index contributed by atoms with van der Waals surface area (Å²) in [7, 11) is 1.60. The van der Waals surface area contributed by atoms with E-state index in [1.165, 1.54) is 12.3 Å². The van der Waals surface area contributed by atoms with Gasteiger partial charge in [0.15, 0.2) is 0 Å². The molecule has 2 aromatic rings. The molecule has 7 heteroatoms. The molecule has 0 unspecified atom stereocenters. The van der Waals surface area contributed by atoms with Crippen molar-refractivity contribution in [3.8, 4) is 5.75 Å². The van der Waals surface area contributed by atoms with Crippen molar-refractivity contribution in [1.82, 2.24) is 4.90 Å². The van der Waals surface area contributed by atoms with E-state index in [9.17, 15) is 14.4 Å². The molecule has 1 aliphatic heterocycles. The average Bonchev–Trinajstić information content (AvgIpc) is 2.96. The Morgan fingerprint density at radius 3 is 2.25 bits per heavy atom. The van der Waals surface area contributed by atoms with Gasteiger partial charge in [-0.2, -0.15) is 0 Å². The average molecular weight is 381 g/mol. The summed E-state index contributed by atoms with van der Waals surface area (Å²) in [5, 5.41) is 0. The number of ether oxygens (including phenoxy) is 3. The fourth-order valence-corrected chi connectivity index (χ4v) is 2.67. The van der Waals surface area contributed by atoms with Crippen LogP contribution in [-0.4, -0.2) is 42.9 Å². The molecule has 2 aromatic carbocycles. The summed E-state index contributed by atoms with van der Waals surface area (Å²) in [6.07, 6.45) is 2.96. The first-order valence-electron chi connectivity index (χ1n) is 8.60. The molecular weight excluding hydrogens is 362 g/mol. The summed E-state index contributed by atoms with van der Waals surface area (Å²) in [5.41, 5.74) is 1.56. The molecule has 1 aliphatic rings. The predicted octanol–water partition coefficient (Wildman–Crippen LogP) is 2.56. The minimum atomic E-state index is -0.672. The first kappa shape index (κ1) is 19.2. The number of esters is 1. The number of imide groups is 1. The number of rotatable bonds is 8. The third-order valence-corrected chi connectivity index (χ3v) is 4.11. The summed E-state index contributed by atoms with van der Waals surface area (Å²) < 4.78 is 15.4. The zero-order chi connectivity index (χ0) is 19.9. The summed E-state index contributed by atoms with van der Waals surface area (Å²) in [6.45, 7) is -0.0824. The lowest BCUT2D eigenvalue weighted by molar-refractivity contribution is -0.142. The molecule has 1 heterocycles. The molecule has 0 spiro atoms. The minimum Gasteiger partial charge on any atom is -0.497 e. The van der Waals surface area contributed by atoms with Gasteiger partial charge in [-0.15, -0.1) is 0 Å². The molecule has 0 N–H and O–H groups in total. The van der Waals surface area contributed by atoms with Gasteiger partial charge < -0.3 is 14.2 Å². The molecule has 2 amide bonds. The molecule has 7 nitrogen and oxygen atoms in total. The van der Waals surface area contributed by atoms with Gasteiger partial charge in [0.2, 0.25) is 0 Å². The molecule has 0 aliphatic carbocycles. The van der Waals surface area contributed by atoms with Gasteiger partial charge in [-0.25, -0.2) is 0 Å². The van der Waals surface area contributed by atoms with Gasteiger partial charge in [0.1, 0.15) is 25.5 Å². The summed E-state index contributed by atoms with van der Waals surface area (Å²) >= 11 is 0. The van der Waals surface area contributed by atoms with E-state index < -0.39 is 24.3 Å². The molecule has 0 bridgehead atoms. The van der Waals surface area contributed by atoms with Crippen LogP contribution in [0.3, 0.4) is 0 Å². The Morgan fingerprint density at radius 2 is 1.64 bits per heavy atom. The van der Waals surface area contributed by atoms with Crippen LogP contribution in [0, 0.1) is 0 Å². The normalized spacial score (nSPS) is 13.0. The highest BCUT2D eigenvalue weighted by atomic mass is 16.5. The Morgan fingerprint density at radius 1 is 1.00 bits per heavy atom.